The van der Waals surface area contributed by atoms with E-state index in [4.69, 9.17) is 28.2 Å². The molecule has 0 aliphatic rings. The van der Waals surface area contributed by atoms with Crippen LogP contribution in [0.5, 0.6) is 0 Å². The van der Waals surface area contributed by atoms with Crippen LogP contribution in [-0.2, 0) is 5.75 Å². The third-order valence-electron chi connectivity index (χ3n) is 4.86. The molecular weight excluding hydrogens is 437 g/mol. The Hall–Kier alpha value is -2.73. The fraction of sp³-hybridized carbons (Fsp3) is 0.0435. The van der Waals surface area contributed by atoms with Crippen molar-refractivity contribution >= 4 is 56.9 Å². The maximum Gasteiger partial charge on any atom is 0.283 e. The van der Waals surface area contributed by atoms with Crippen molar-refractivity contribution in [2.75, 3.05) is 0 Å². The highest BCUT2D eigenvalue weighted by Gasteiger charge is 2.17. The summed E-state index contributed by atoms with van der Waals surface area (Å²) in [6.45, 7) is 0. The van der Waals surface area contributed by atoms with E-state index in [0.717, 1.165) is 22.2 Å². The van der Waals surface area contributed by atoms with Crippen LogP contribution in [0.25, 0.3) is 27.6 Å². The number of thioether (sulfide) groups is 1. The van der Waals surface area contributed by atoms with Gasteiger partial charge in [-0.25, -0.2) is 4.98 Å². The van der Waals surface area contributed by atoms with E-state index in [1.54, 1.807) is 16.7 Å². The van der Waals surface area contributed by atoms with Crippen LogP contribution in [0, 0.1) is 0 Å². The third kappa shape index (κ3) is 3.49. The Bertz CT molecular complexity index is 1420. The number of aromatic nitrogens is 3. The minimum atomic E-state index is -0.142. The number of nitrogens with one attached hydrogen (secondary N) is 1. The summed E-state index contributed by atoms with van der Waals surface area (Å²) in [6.07, 6.45) is 0. The van der Waals surface area contributed by atoms with Gasteiger partial charge in [-0.15, -0.1) is 0 Å². The predicted octanol–water partition coefficient (Wildman–Crippen LogP) is 6.47. The summed E-state index contributed by atoms with van der Waals surface area (Å²) in [5, 5.41) is 2.86. The average molecular weight is 452 g/mol. The minimum Gasteiger partial charge on any atom is -0.349 e. The van der Waals surface area contributed by atoms with Crippen molar-refractivity contribution in [3.63, 3.8) is 0 Å². The first kappa shape index (κ1) is 19.2. The highest BCUT2D eigenvalue weighted by molar-refractivity contribution is 7.98. The Labute approximate surface area is 186 Å². The van der Waals surface area contributed by atoms with Crippen LogP contribution in [0.4, 0.5) is 0 Å². The molecule has 0 aliphatic carbocycles. The van der Waals surface area contributed by atoms with E-state index in [1.165, 1.54) is 11.8 Å². The summed E-state index contributed by atoms with van der Waals surface area (Å²) in [5.74, 6) is 0.658. The van der Waals surface area contributed by atoms with E-state index in [1.807, 2.05) is 60.7 Å². The van der Waals surface area contributed by atoms with Gasteiger partial charge in [-0.2, -0.15) is 0 Å². The zero-order valence-electron chi connectivity index (χ0n) is 15.6. The Morgan fingerprint density at radius 1 is 0.900 bits per heavy atom. The first-order chi connectivity index (χ1) is 14.6. The molecule has 7 heteroatoms. The van der Waals surface area contributed by atoms with Gasteiger partial charge in [0.2, 0.25) is 0 Å². The monoisotopic (exact) mass is 451 g/mol. The first-order valence-electron chi connectivity index (χ1n) is 9.27. The predicted molar refractivity (Wildman–Crippen MR) is 125 cm³/mol. The normalized spacial score (nSPS) is 11.4. The Morgan fingerprint density at radius 3 is 2.30 bits per heavy atom. The lowest BCUT2D eigenvalue weighted by Gasteiger charge is -2.12. The summed E-state index contributed by atoms with van der Waals surface area (Å²) in [4.78, 5) is 21.6. The third-order valence-corrected chi connectivity index (χ3v) is 6.37. The van der Waals surface area contributed by atoms with Gasteiger partial charge in [0.15, 0.2) is 5.16 Å². The van der Waals surface area contributed by atoms with Crippen LogP contribution in [-0.4, -0.2) is 14.5 Å². The van der Waals surface area contributed by atoms with Crippen LogP contribution < -0.4 is 5.56 Å². The van der Waals surface area contributed by atoms with Gasteiger partial charge >= 0.3 is 0 Å². The molecule has 5 rings (SSSR count). The number of hydrogen-bond donors (Lipinski definition) is 1. The standard InChI is InChI=1S/C23H15Cl2N3OS/c24-15-7-5-14(6-8-15)13-30-23-27-20-18-3-1-2-4-19(18)26-21(20)22(29)28(23)17-11-9-16(25)10-12-17/h1-12,26H,13H2. The van der Waals surface area contributed by atoms with Gasteiger partial charge in [-0.3, -0.25) is 9.36 Å². The average Bonchev–Trinajstić information content (AvgIpc) is 3.13. The van der Waals surface area contributed by atoms with Crippen LogP contribution in [0.3, 0.4) is 0 Å². The summed E-state index contributed by atoms with van der Waals surface area (Å²) in [5.41, 5.74) is 3.73. The second-order valence-corrected chi connectivity index (χ2v) is 8.64. The van der Waals surface area contributed by atoms with Crippen molar-refractivity contribution in [1.29, 1.82) is 0 Å². The second kappa shape index (κ2) is 7.84. The number of halogens is 2. The largest absolute Gasteiger partial charge is 0.349 e. The summed E-state index contributed by atoms with van der Waals surface area (Å²) < 4.78 is 1.63. The quantitative estimate of drug-likeness (QED) is 0.251. The number of H-pyrrole nitrogens is 1. The summed E-state index contributed by atoms with van der Waals surface area (Å²) in [7, 11) is 0. The van der Waals surface area contributed by atoms with Crippen molar-refractivity contribution in [3.8, 4) is 5.69 Å². The van der Waals surface area contributed by atoms with E-state index in [0.29, 0.717) is 32.0 Å². The van der Waals surface area contributed by atoms with Gasteiger partial charge in [-0.1, -0.05) is 65.3 Å². The molecule has 0 amide bonds. The Morgan fingerprint density at radius 2 is 1.57 bits per heavy atom. The minimum absolute atomic E-state index is 0.142. The van der Waals surface area contributed by atoms with Gasteiger partial charge in [0.25, 0.3) is 5.56 Å². The molecule has 0 aliphatic heterocycles. The summed E-state index contributed by atoms with van der Waals surface area (Å²) >= 11 is 13.6. The topological polar surface area (TPSA) is 50.7 Å². The van der Waals surface area contributed by atoms with Gasteiger partial charge < -0.3 is 4.98 Å². The number of aromatic amines is 1. The maximum atomic E-state index is 13.5. The van der Waals surface area contributed by atoms with Crippen LogP contribution >= 0.6 is 35.0 Å². The van der Waals surface area contributed by atoms with E-state index >= 15 is 0 Å². The van der Waals surface area contributed by atoms with Crippen molar-refractivity contribution in [2.45, 2.75) is 10.9 Å². The van der Waals surface area contributed by atoms with Crippen LogP contribution in [0.2, 0.25) is 10.0 Å². The lowest BCUT2D eigenvalue weighted by molar-refractivity contribution is 0.819. The fourth-order valence-corrected chi connectivity index (χ4v) is 4.60. The molecule has 0 saturated heterocycles. The zero-order valence-corrected chi connectivity index (χ0v) is 17.9. The number of fused-ring (bicyclic) bond motifs is 3. The molecule has 0 bridgehead atoms. The molecule has 0 spiro atoms. The maximum absolute atomic E-state index is 13.5. The van der Waals surface area contributed by atoms with Crippen LogP contribution in [0.1, 0.15) is 5.56 Å². The van der Waals surface area contributed by atoms with Gasteiger partial charge in [-0.05, 0) is 48.0 Å². The van der Waals surface area contributed by atoms with Crippen molar-refractivity contribution in [3.05, 3.63) is 98.8 Å². The fourth-order valence-electron chi connectivity index (χ4n) is 3.39. The van der Waals surface area contributed by atoms with Crippen molar-refractivity contribution in [2.24, 2.45) is 0 Å². The molecule has 1 N–H and O–H groups in total. The molecular formula is C23H15Cl2N3OS. The van der Waals surface area contributed by atoms with Crippen molar-refractivity contribution < 1.29 is 0 Å². The first-order valence-corrected chi connectivity index (χ1v) is 11.0. The Balaban J connectivity index is 1.69. The number of para-hydroxylation sites is 1. The molecule has 3 aromatic carbocycles. The van der Waals surface area contributed by atoms with Crippen LogP contribution in [0.15, 0.2) is 82.7 Å². The molecule has 2 heterocycles. The van der Waals surface area contributed by atoms with Gasteiger partial charge in [0, 0.05) is 26.7 Å². The second-order valence-electron chi connectivity index (χ2n) is 6.82. The molecule has 0 unspecified atom stereocenters. The lowest BCUT2D eigenvalue weighted by atomic mass is 10.2. The van der Waals surface area contributed by atoms with E-state index < -0.39 is 0 Å². The Kier molecular flexibility index (Phi) is 5.03. The molecule has 2 aromatic heterocycles. The smallest absolute Gasteiger partial charge is 0.283 e. The van der Waals surface area contributed by atoms with E-state index in [-0.39, 0.29) is 5.56 Å². The molecule has 30 heavy (non-hydrogen) atoms. The highest BCUT2D eigenvalue weighted by Crippen LogP contribution is 2.28. The molecule has 0 fully saturated rings. The number of benzene rings is 3. The van der Waals surface area contributed by atoms with Gasteiger partial charge in [0.05, 0.1) is 5.69 Å². The summed E-state index contributed by atoms with van der Waals surface area (Å²) in [6, 6.07) is 22.7. The van der Waals surface area contributed by atoms with Gasteiger partial charge in [0.1, 0.15) is 11.0 Å². The molecule has 4 nitrogen and oxygen atoms in total. The lowest BCUT2D eigenvalue weighted by Crippen LogP contribution is -2.21. The molecule has 0 saturated carbocycles. The molecule has 0 radical (unpaired) electrons. The van der Waals surface area contributed by atoms with Crippen molar-refractivity contribution in [1.82, 2.24) is 14.5 Å². The number of nitrogens with zero attached hydrogens (tertiary/aromatic N) is 2. The van der Waals surface area contributed by atoms with E-state index in [9.17, 15) is 4.79 Å². The number of hydrogen-bond acceptors (Lipinski definition) is 3. The molecule has 148 valence electrons. The van der Waals surface area contributed by atoms with E-state index in [2.05, 4.69) is 4.98 Å². The molecule has 0 atom stereocenters. The number of rotatable bonds is 4. The molecule has 5 aromatic rings. The zero-order chi connectivity index (χ0) is 20.7. The SMILES string of the molecule is O=c1c2[nH]c3ccccc3c2nc(SCc2ccc(Cl)cc2)n1-c1ccc(Cl)cc1. The highest BCUT2D eigenvalue weighted by atomic mass is 35.5.